The molecule has 2 aromatic rings. The van der Waals surface area contributed by atoms with Crippen molar-refractivity contribution < 1.29 is 0 Å². The van der Waals surface area contributed by atoms with E-state index in [1.807, 2.05) is 17.1 Å². The first-order valence-electron chi connectivity index (χ1n) is 6.38. The fourth-order valence-electron chi connectivity index (χ4n) is 2.56. The summed E-state index contributed by atoms with van der Waals surface area (Å²) in [6.07, 6.45) is 3.90. The topological polar surface area (TPSA) is 43.8 Å². The zero-order valence-corrected chi connectivity index (χ0v) is 11.6. The summed E-state index contributed by atoms with van der Waals surface area (Å²) in [5, 5.41) is 4.29. The molecule has 2 rings (SSSR count). The van der Waals surface area contributed by atoms with Crippen molar-refractivity contribution in [2.24, 2.45) is 5.73 Å². The summed E-state index contributed by atoms with van der Waals surface area (Å²) in [5.41, 5.74) is 12.5. The highest BCUT2D eigenvalue weighted by atomic mass is 15.3. The van der Waals surface area contributed by atoms with Crippen molar-refractivity contribution in [3.63, 3.8) is 0 Å². The highest BCUT2D eigenvalue weighted by Gasteiger charge is 2.15. The van der Waals surface area contributed by atoms with Crippen LogP contribution in [0.2, 0.25) is 0 Å². The Morgan fingerprint density at radius 3 is 2.33 bits per heavy atom. The van der Waals surface area contributed by atoms with Gasteiger partial charge < -0.3 is 5.73 Å². The van der Waals surface area contributed by atoms with E-state index in [-0.39, 0.29) is 6.04 Å². The predicted octanol–water partition coefficient (Wildman–Crippen LogP) is 2.88. The van der Waals surface area contributed by atoms with Gasteiger partial charge in [0, 0.05) is 18.3 Å². The second-order valence-electron chi connectivity index (χ2n) is 4.92. The number of nitrogens with zero attached hydrogens (tertiary/aromatic N) is 2. The molecule has 0 aliphatic heterocycles. The zero-order chi connectivity index (χ0) is 13.3. The first-order valence-corrected chi connectivity index (χ1v) is 6.38. The van der Waals surface area contributed by atoms with Crippen molar-refractivity contribution in [1.29, 1.82) is 0 Å². The Balaban J connectivity index is 2.42. The van der Waals surface area contributed by atoms with E-state index in [0.29, 0.717) is 0 Å². The van der Waals surface area contributed by atoms with E-state index in [0.717, 1.165) is 12.1 Å². The fraction of sp³-hybridized carbons (Fsp3) is 0.400. The van der Waals surface area contributed by atoms with E-state index >= 15 is 0 Å². The fourth-order valence-corrected chi connectivity index (χ4v) is 2.56. The quantitative estimate of drug-likeness (QED) is 0.900. The molecule has 0 bridgehead atoms. The number of aryl methyl sites for hydroxylation is 4. The molecule has 0 amide bonds. The monoisotopic (exact) mass is 243 g/mol. The van der Waals surface area contributed by atoms with Gasteiger partial charge in [-0.1, -0.05) is 17.7 Å². The van der Waals surface area contributed by atoms with Crippen LogP contribution in [0.25, 0.3) is 0 Å². The number of rotatable bonds is 3. The number of hydrogen-bond donors (Lipinski definition) is 1. The van der Waals surface area contributed by atoms with Crippen LogP contribution in [0.4, 0.5) is 0 Å². The molecule has 1 aromatic heterocycles. The highest BCUT2D eigenvalue weighted by molar-refractivity contribution is 5.43. The molecular formula is C15H21N3. The lowest BCUT2D eigenvalue weighted by molar-refractivity contribution is 0.658. The first kappa shape index (κ1) is 12.8. The van der Waals surface area contributed by atoms with Gasteiger partial charge in [-0.15, -0.1) is 0 Å². The number of hydrogen-bond acceptors (Lipinski definition) is 2. The Kier molecular flexibility index (Phi) is 3.53. The molecule has 0 fully saturated rings. The third-order valence-electron chi connectivity index (χ3n) is 3.39. The average Bonchev–Trinajstić information content (AvgIpc) is 2.75. The molecular weight excluding hydrogens is 222 g/mol. The van der Waals surface area contributed by atoms with Crippen LogP contribution in [0, 0.1) is 20.8 Å². The first-order chi connectivity index (χ1) is 8.52. The molecule has 0 spiro atoms. The lowest BCUT2D eigenvalue weighted by Crippen LogP contribution is -2.14. The standard InChI is InChI=1S/C15H21N3/c1-5-18-9-13(8-17-18)15(16)14-11(3)6-10(2)7-12(14)4/h6-9,15H,5,16H2,1-4H3. The highest BCUT2D eigenvalue weighted by Crippen LogP contribution is 2.26. The normalized spacial score (nSPS) is 12.7. The molecule has 0 aliphatic carbocycles. The Morgan fingerprint density at radius 2 is 1.83 bits per heavy atom. The van der Waals surface area contributed by atoms with Crippen molar-refractivity contribution >= 4 is 0 Å². The van der Waals surface area contributed by atoms with Gasteiger partial charge in [0.15, 0.2) is 0 Å². The van der Waals surface area contributed by atoms with Crippen LogP contribution in [0.3, 0.4) is 0 Å². The van der Waals surface area contributed by atoms with Gasteiger partial charge in [-0.05, 0) is 44.4 Å². The molecule has 0 radical (unpaired) electrons. The lowest BCUT2D eigenvalue weighted by atomic mass is 9.92. The average molecular weight is 243 g/mol. The minimum atomic E-state index is -0.0918. The second-order valence-corrected chi connectivity index (χ2v) is 4.92. The maximum Gasteiger partial charge on any atom is 0.0588 e. The molecule has 1 aromatic carbocycles. The molecule has 3 nitrogen and oxygen atoms in total. The third-order valence-corrected chi connectivity index (χ3v) is 3.39. The van der Waals surface area contributed by atoms with Crippen LogP contribution in [0.5, 0.6) is 0 Å². The summed E-state index contributed by atoms with van der Waals surface area (Å²) in [7, 11) is 0. The van der Waals surface area contributed by atoms with E-state index in [4.69, 9.17) is 5.73 Å². The smallest absolute Gasteiger partial charge is 0.0588 e. The Labute approximate surface area is 109 Å². The van der Waals surface area contributed by atoms with Crippen LogP contribution >= 0.6 is 0 Å². The van der Waals surface area contributed by atoms with E-state index in [2.05, 4.69) is 44.9 Å². The van der Waals surface area contributed by atoms with Crippen LogP contribution in [0.1, 0.15) is 40.8 Å². The Bertz CT molecular complexity index is 532. The minimum Gasteiger partial charge on any atom is -0.320 e. The van der Waals surface area contributed by atoms with E-state index < -0.39 is 0 Å². The van der Waals surface area contributed by atoms with Gasteiger partial charge in [0.05, 0.1) is 12.2 Å². The Morgan fingerprint density at radius 1 is 1.22 bits per heavy atom. The Hall–Kier alpha value is -1.61. The lowest BCUT2D eigenvalue weighted by Gasteiger charge is -2.17. The van der Waals surface area contributed by atoms with E-state index in [1.54, 1.807) is 0 Å². The summed E-state index contributed by atoms with van der Waals surface area (Å²) in [6.45, 7) is 9.31. The molecule has 2 N–H and O–H groups in total. The van der Waals surface area contributed by atoms with Crippen molar-refractivity contribution in [3.05, 3.63) is 52.3 Å². The summed E-state index contributed by atoms with van der Waals surface area (Å²) in [6, 6.07) is 4.28. The molecule has 3 heteroatoms. The third kappa shape index (κ3) is 2.31. The van der Waals surface area contributed by atoms with Gasteiger partial charge in [0.1, 0.15) is 0 Å². The van der Waals surface area contributed by atoms with E-state index in [1.165, 1.54) is 22.3 Å². The predicted molar refractivity (Wildman–Crippen MR) is 74.6 cm³/mol. The van der Waals surface area contributed by atoms with Gasteiger partial charge in [0.2, 0.25) is 0 Å². The van der Waals surface area contributed by atoms with Gasteiger partial charge in [-0.3, -0.25) is 4.68 Å². The molecule has 0 aliphatic rings. The van der Waals surface area contributed by atoms with Crippen LogP contribution in [-0.4, -0.2) is 9.78 Å². The van der Waals surface area contributed by atoms with Gasteiger partial charge >= 0.3 is 0 Å². The summed E-state index contributed by atoms with van der Waals surface area (Å²) in [5.74, 6) is 0. The second kappa shape index (κ2) is 4.94. The molecule has 1 atom stereocenters. The molecule has 96 valence electrons. The maximum absolute atomic E-state index is 6.38. The molecule has 18 heavy (non-hydrogen) atoms. The van der Waals surface area contributed by atoms with Gasteiger partial charge in [-0.25, -0.2) is 0 Å². The maximum atomic E-state index is 6.38. The summed E-state index contributed by atoms with van der Waals surface area (Å²) in [4.78, 5) is 0. The van der Waals surface area contributed by atoms with Gasteiger partial charge in [-0.2, -0.15) is 5.10 Å². The summed E-state index contributed by atoms with van der Waals surface area (Å²) < 4.78 is 1.91. The summed E-state index contributed by atoms with van der Waals surface area (Å²) >= 11 is 0. The van der Waals surface area contributed by atoms with Crippen LogP contribution in [-0.2, 0) is 6.54 Å². The number of benzene rings is 1. The van der Waals surface area contributed by atoms with Crippen LogP contribution < -0.4 is 5.73 Å². The minimum absolute atomic E-state index is 0.0918. The van der Waals surface area contributed by atoms with Crippen LogP contribution in [0.15, 0.2) is 24.5 Å². The van der Waals surface area contributed by atoms with Crippen molar-refractivity contribution in [2.45, 2.75) is 40.3 Å². The molecule has 1 unspecified atom stereocenters. The molecule has 0 saturated heterocycles. The van der Waals surface area contributed by atoms with E-state index in [9.17, 15) is 0 Å². The zero-order valence-electron chi connectivity index (χ0n) is 11.6. The number of aromatic nitrogens is 2. The van der Waals surface area contributed by atoms with Crippen molar-refractivity contribution in [3.8, 4) is 0 Å². The largest absolute Gasteiger partial charge is 0.320 e. The number of nitrogens with two attached hydrogens (primary N) is 1. The van der Waals surface area contributed by atoms with Crippen molar-refractivity contribution in [1.82, 2.24) is 9.78 Å². The molecule has 1 heterocycles. The SMILES string of the molecule is CCn1cc(C(N)c2c(C)cc(C)cc2C)cn1. The van der Waals surface area contributed by atoms with Gasteiger partial charge in [0.25, 0.3) is 0 Å². The van der Waals surface area contributed by atoms with Crippen molar-refractivity contribution in [2.75, 3.05) is 0 Å². The molecule has 0 saturated carbocycles.